The SMILES string of the molecule is CCn1c([C@@H]2CCCN(C(=O)c3coc4c3C(=O)CCC4)C2)n[nH]c1=O. The van der Waals surface area contributed by atoms with Crippen molar-refractivity contribution in [1.29, 1.82) is 0 Å². The highest BCUT2D eigenvalue weighted by molar-refractivity contribution is 6.09. The Labute approximate surface area is 150 Å². The van der Waals surface area contributed by atoms with Crippen LogP contribution in [0, 0.1) is 0 Å². The number of hydrogen-bond donors (Lipinski definition) is 1. The quantitative estimate of drug-likeness (QED) is 0.900. The number of furan rings is 1. The highest BCUT2D eigenvalue weighted by atomic mass is 16.3. The molecule has 2 aromatic rings. The number of ketones is 1. The Morgan fingerprint density at radius 3 is 3.00 bits per heavy atom. The van der Waals surface area contributed by atoms with Crippen molar-refractivity contribution >= 4 is 11.7 Å². The van der Waals surface area contributed by atoms with Crippen molar-refractivity contribution < 1.29 is 14.0 Å². The van der Waals surface area contributed by atoms with E-state index >= 15 is 0 Å². The molecule has 1 aliphatic carbocycles. The average Bonchev–Trinajstić information content (AvgIpc) is 3.25. The lowest BCUT2D eigenvalue weighted by Gasteiger charge is -2.32. The number of amides is 1. The maximum atomic E-state index is 13.0. The number of piperidine rings is 1. The number of likely N-dealkylation sites (tertiary alicyclic amines) is 1. The Hall–Kier alpha value is -2.64. The topological polar surface area (TPSA) is 101 Å². The number of carbonyl (C=O) groups excluding carboxylic acids is 2. The second kappa shape index (κ2) is 6.59. The van der Waals surface area contributed by atoms with Gasteiger partial charge >= 0.3 is 5.69 Å². The van der Waals surface area contributed by atoms with Gasteiger partial charge in [-0.3, -0.25) is 14.2 Å². The monoisotopic (exact) mass is 358 g/mol. The second-order valence-electron chi connectivity index (χ2n) is 6.95. The molecule has 0 bridgehead atoms. The predicted octanol–water partition coefficient (Wildman–Crippen LogP) is 1.72. The summed E-state index contributed by atoms with van der Waals surface area (Å²) < 4.78 is 7.10. The highest BCUT2D eigenvalue weighted by Gasteiger charge is 2.33. The van der Waals surface area contributed by atoms with Crippen LogP contribution in [0.15, 0.2) is 15.5 Å². The van der Waals surface area contributed by atoms with Crippen LogP contribution in [-0.2, 0) is 13.0 Å². The van der Waals surface area contributed by atoms with Gasteiger partial charge in [0.05, 0.1) is 11.1 Å². The number of rotatable bonds is 3. The largest absolute Gasteiger partial charge is 0.468 e. The molecule has 2 aliphatic rings. The Balaban J connectivity index is 1.59. The summed E-state index contributed by atoms with van der Waals surface area (Å²) in [6, 6.07) is 0. The summed E-state index contributed by atoms with van der Waals surface area (Å²) >= 11 is 0. The van der Waals surface area contributed by atoms with Crippen LogP contribution in [-0.4, -0.2) is 44.4 Å². The van der Waals surface area contributed by atoms with Gasteiger partial charge in [-0.2, -0.15) is 5.10 Å². The third-order valence-corrected chi connectivity index (χ3v) is 5.36. The second-order valence-corrected chi connectivity index (χ2v) is 6.95. The fourth-order valence-corrected chi connectivity index (χ4v) is 4.07. The van der Waals surface area contributed by atoms with E-state index in [1.807, 2.05) is 6.92 Å². The van der Waals surface area contributed by atoms with Crippen LogP contribution in [0.3, 0.4) is 0 Å². The number of aryl methyl sites for hydroxylation is 1. The van der Waals surface area contributed by atoms with Crippen LogP contribution in [0.5, 0.6) is 0 Å². The van der Waals surface area contributed by atoms with Crippen LogP contribution in [0.1, 0.15) is 70.8 Å². The first-order chi connectivity index (χ1) is 12.6. The Bertz CT molecular complexity index is 907. The lowest BCUT2D eigenvalue weighted by atomic mass is 9.92. The smallest absolute Gasteiger partial charge is 0.343 e. The molecule has 138 valence electrons. The lowest BCUT2D eigenvalue weighted by molar-refractivity contribution is 0.0698. The van der Waals surface area contributed by atoms with Gasteiger partial charge in [0.1, 0.15) is 17.8 Å². The van der Waals surface area contributed by atoms with Crippen molar-refractivity contribution in [3.8, 4) is 0 Å². The van der Waals surface area contributed by atoms with Gasteiger partial charge in [0.25, 0.3) is 5.91 Å². The van der Waals surface area contributed by atoms with E-state index in [0.29, 0.717) is 55.2 Å². The van der Waals surface area contributed by atoms with Gasteiger partial charge in [-0.15, -0.1) is 0 Å². The number of aromatic nitrogens is 3. The van der Waals surface area contributed by atoms with Crippen molar-refractivity contribution in [1.82, 2.24) is 19.7 Å². The van der Waals surface area contributed by atoms with Gasteiger partial charge in [0.15, 0.2) is 5.78 Å². The van der Waals surface area contributed by atoms with Gasteiger partial charge in [-0.1, -0.05) is 0 Å². The van der Waals surface area contributed by atoms with E-state index in [-0.39, 0.29) is 23.3 Å². The van der Waals surface area contributed by atoms with Crippen molar-refractivity contribution in [2.24, 2.45) is 0 Å². The van der Waals surface area contributed by atoms with Gasteiger partial charge in [-0.25, -0.2) is 9.89 Å². The molecule has 0 unspecified atom stereocenters. The summed E-state index contributed by atoms with van der Waals surface area (Å²) in [6.45, 7) is 3.55. The zero-order chi connectivity index (χ0) is 18.3. The summed E-state index contributed by atoms with van der Waals surface area (Å²) in [5.41, 5.74) is 0.620. The predicted molar refractivity (Wildman–Crippen MR) is 92.4 cm³/mol. The molecule has 1 fully saturated rings. The van der Waals surface area contributed by atoms with Gasteiger partial charge < -0.3 is 9.32 Å². The van der Waals surface area contributed by atoms with Crippen LogP contribution in [0.4, 0.5) is 0 Å². The normalized spacial score (nSPS) is 20.3. The standard InChI is InChI=1S/C18H22N4O4/c1-2-22-16(19-20-18(22)25)11-5-4-8-21(9-11)17(24)12-10-26-14-7-3-6-13(23)15(12)14/h10-11H,2-9H2,1H3,(H,20,25)/t11-/m1/s1. The number of aromatic amines is 1. The number of Topliss-reactive ketones (excluding diaryl/α,β-unsaturated/α-hetero) is 1. The average molecular weight is 358 g/mol. The highest BCUT2D eigenvalue weighted by Crippen LogP contribution is 2.30. The zero-order valence-corrected chi connectivity index (χ0v) is 14.8. The van der Waals surface area contributed by atoms with Crippen LogP contribution in [0.25, 0.3) is 0 Å². The van der Waals surface area contributed by atoms with Crippen LogP contribution in [0.2, 0.25) is 0 Å². The van der Waals surface area contributed by atoms with Crippen LogP contribution >= 0.6 is 0 Å². The molecule has 0 radical (unpaired) electrons. The molecule has 8 nitrogen and oxygen atoms in total. The maximum Gasteiger partial charge on any atom is 0.343 e. The van der Waals surface area contributed by atoms with E-state index < -0.39 is 0 Å². The number of fused-ring (bicyclic) bond motifs is 1. The Morgan fingerprint density at radius 2 is 2.19 bits per heavy atom. The summed E-state index contributed by atoms with van der Waals surface area (Å²) in [4.78, 5) is 38.9. The van der Waals surface area contributed by atoms with Gasteiger partial charge in [-0.05, 0) is 26.2 Å². The zero-order valence-electron chi connectivity index (χ0n) is 14.8. The molecule has 8 heteroatoms. The number of carbonyl (C=O) groups is 2. The minimum atomic E-state index is -0.222. The first-order valence-electron chi connectivity index (χ1n) is 9.18. The number of hydrogen-bond acceptors (Lipinski definition) is 5. The molecule has 0 saturated carbocycles. The van der Waals surface area contributed by atoms with E-state index in [1.54, 1.807) is 9.47 Å². The van der Waals surface area contributed by atoms with E-state index in [4.69, 9.17) is 4.42 Å². The minimum absolute atomic E-state index is 0.00466. The van der Waals surface area contributed by atoms with Crippen LogP contribution < -0.4 is 5.69 Å². The molecule has 26 heavy (non-hydrogen) atoms. The molecule has 1 atom stereocenters. The molecule has 4 rings (SSSR count). The van der Waals surface area contributed by atoms with E-state index in [2.05, 4.69) is 10.2 Å². The minimum Gasteiger partial charge on any atom is -0.468 e. The fraction of sp³-hybridized carbons (Fsp3) is 0.556. The maximum absolute atomic E-state index is 13.0. The van der Waals surface area contributed by atoms with Gasteiger partial charge in [0, 0.05) is 38.4 Å². The molecular formula is C18H22N4O4. The van der Waals surface area contributed by atoms with E-state index in [9.17, 15) is 14.4 Å². The first-order valence-corrected chi connectivity index (χ1v) is 9.18. The number of nitrogens with one attached hydrogen (secondary N) is 1. The van der Waals surface area contributed by atoms with Crippen molar-refractivity contribution in [3.63, 3.8) is 0 Å². The number of H-pyrrole nitrogens is 1. The molecule has 1 saturated heterocycles. The molecular weight excluding hydrogens is 336 g/mol. The fourth-order valence-electron chi connectivity index (χ4n) is 4.07. The van der Waals surface area contributed by atoms with Crippen molar-refractivity contribution in [2.75, 3.05) is 13.1 Å². The molecule has 1 N–H and O–H groups in total. The molecule has 1 amide bonds. The number of nitrogens with zero attached hydrogens (tertiary/aromatic N) is 3. The summed E-state index contributed by atoms with van der Waals surface area (Å²) in [5, 5.41) is 6.66. The molecule has 3 heterocycles. The van der Waals surface area contributed by atoms with E-state index in [0.717, 1.165) is 19.3 Å². The van der Waals surface area contributed by atoms with Crippen molar-refractivity contribution in [2.45, 2.75) is 51.5 Å². The molecule has 0 spiro atoms. The Kier molecular flexibility index (Phi) is 4.26. The Morgan fingerprint density at radius 1 is 1.35 bits per heavy atom. The first kappa shape index (κ1) is 16.8. The third kappa shape index (κ3) is 2.69. The lowest BCUT2D eigenvalue weighted by Crippen LogP contribution is -2.40. The third-order valence-electron chi connectivity index (χ3n) is 5.36. The summed E-state index contributed by atoms with van der Waals surface area (Å²) in [6.07, 6.45) is 5.06. The van der Waals surface area contributed by atoms with Crippen molar-refractivity contribution in [3.05, 3.63) is 39.5 Å². The summed E-state index contributed by atoms with van der Waals surface area (Å²) in [7, 11) is 0. The molecule has 1 aliphatic heterocycles. The molecule has 0 aromatic carbocycles. The van der Waals surface area contributed by atoms with E-state index in [1.165, 1.54) is 6.26 Å². The van der Waals surface area contributed by atoms with Gasteiger partial charge in [0.2, 0.25) is 0 Å². The summed E-state index contributed by atoms with van der Waals surface area (Å²) in [5.74, 6) is 1.15. The molecule has 2 aromatic heterocycles.